The number of hydrogen-bond acceptors (Lipinski definition) is 3. The maximum Gasteiger partial charge on any atom is 0.317 e. The maximum atomic E-state index is 13.1. The van der Waals surface area contributed by atoms with E-state index < -0.39 is 0 Å². The van der Waals surface area contributed by atoms with Crippen molar-refractivity contribution < 1.29 is 14.0 Å². The average Bonchev–Trinajstić information content (AvgIpc) is 3.10. The molecule has 0 unspecified atom stereocenters. The number of urea groups is 1. The number of carbonyl (C=O) groups is 1. The molecule has 0 saturated carbocycles. The van der Waals surface area contributed by atoms with E-state index in [1.807, 2.05) is 25.1 Å². The lowest BCUT2D eigenvalue weighted by molar-refractivity contribution is 0.0590. The van der Waals surface area contributed by atoms with E-state index in [-0.39, 0.29) is 18.0 Å². The number of nitrogens with one attached hydrogen (secondary N) is 1. The molecule has 7 heteroatoms. The van der Waals surface area contributed by atoms with Gasteiger partial charge in [-0.3, -0.25) is 0 Å². The molecule has 0 radical (unpaired) electrons. The van der Waals surface area contributed by atoms with Crippen molar-refractivity contribution in [1.29, 1.82) is 0 Å². The molecule has 1 atom stereocenters. The van der Waals surface area contributed by atoms with Crippen LogP contribution in [0.25, 0.3) is 0 Å². The highest BCUT2D eigenvalue weighted by atomic mass is 35.5. The lowest BCUT2D eigenvalue weighted by Crippen LogP contribution is -2.43. The zero-order chi connectivity index (χ0) is 19.2. The van der Waals surface area contributed by atoms with Gasteiger partial charge in [0.1, 0.15) is 5.82 Å². The van der Waals surface area contributed by atoms with Crippen molar-refractivity contribution in [2.24, 2.45) is 5.16 Å². The Labute approximate surface area is 162 Å². The van der Waals surface area contributed by atoms with Gasteiger partial charge in [-0.1, -0.05) is 41.0 Å². The van der Waals surface area contributed by atoms with Crippen LogP contribution in [0.5, 0.6) is 0 Å². The number of hydrogen-bond donors (Lipinski definition) is 1. The maximum absolute atomic E-state index is 13.1. The second kappa shape index (κ2) is 8.86. The van der Waals surface area contributed by atoms with E-state index in [4.69, 9.17) is 16.4 Å². The largest absolute Gasteiger partial charge is 0.390 e. The minimum absolute atomic E-state index is 0.170. The Kier molecular flexibility index (Phi) is 6.29. The van der Waals surface area contributed by atoms with E-state index in [2.05, 4.69) is 10.5 Å². The Hall–Kier alpha value is -2.60. The highest BCUT2D eigenvalue weighted by Crippen LogP contribution is 2.20. The summed E-state index contributed by atoms with van der Waals surface area (Å²) in [7, 11) is 0. The van der Waals surface area contributed by atoms with Crippen molar-refractivity contribution in [2.45, 2.75) is 26.0 Å². The number of halogens is 2. The van der Waals surface area contributed by atoms with Crippen molar-refractivity contribution >= 4 is 23.3 Å². The molecule has 0 spiro atoms. The number of benzene rings is 2. The molecule has 0 aliphatic carbocycles. The molecular formula is C20H21ClFN3O2. The summed E-state index contributed by atoms with van der Waals surface area (Å²) in [6.45, 7) is 3.20. The second-order valence-corrected chi connectivity index (χ2v) is 6.76. The van der Waals surface area contributed by atoms with E-state index in [0.29, 0.717) is 31.1 Å². The number of rotatable bonds is 6. The van der Waals surface area contributed by atoms with Gasteiger partial charge >= 0.3 is 6.03 Å². The molecule has 0 fully saturated rings. The summed E-state index contributed by atoms with van der Waals surface area (Å²) in [5.74, 6) is -0.293. The highest BCUT2D eigenvalue weighted by Gasteiger charge is 2.26. The van der Waals surface area contributed by atoms with Gasteiger partial charge in [-0.15, -0.1) is 0 Å². The average molecular weight is 390 g/mol. The second-order valence-electron chi connectivity index (χ2n) is 6.32. The van der Waals surface area contributed by atoms with Gasteiger partial charge in [-0.25, -0.2) is 9.18 Å². The smallest absolute Gasteiger partial charge is 0.317 e. The molecule has 1 N–H and O–H groups in total. The topological polar surface area (TPSA) is 53.9 Å². The van der Waals surface area contributed by atoms with Gasteiger partial charge in [-0.05, 0) is 42.3 Å². The fourth-order valence-electron chi connectivity index (χ4n) is 2.92. The number of nitrogens with zero attached hydrogens (tertiary/aromatic N) is 2. The Morgan fingerprint density at radius 3 is 2.81 bits per heavy atom. The molecule has 1 heterocycles. The van der Waals surface area contributed by atoms with Crippen LogP contribution in [0.4, 0.5) is 9.18 Å². The fourth-order valence-corrected chi connectivity index (χ4v) is 3.14. The van der Waals surface area contributed by atoms with Crippen molar-refractivity contribution in [3.8, 4) is 0 Å². The first-order chi connectivity index (χ1) is 13.0. The third-order valence-corrected chi connectivity index (χ3v) is 4.45. The first kappa shape index (κ1) is 19.2. The van der Waals surface area contributed by atoms with Gasteiger partial charge in [0.05, 0.1) is 12.3 Å². The summed E-state index contributed by atoms with van der Waals surface area (Å²) in [5.41, 5.74) is 2.50. The van der Waals surface area contributed by atoms with Gasteiger partial charge in [0.15, 0.2) is 6.10 Å². The molecule has 0 aromatic heterocycles. The third-order valence-electron chi connectivity index (χ3n) is 4.21. The molecule has 5 nitrogen and oxygen atoms in total. The van der Waals surface area contributed by atoms with E-state index in [1.165, 1.54) is 12.1 Å². The van der Waals surface area contributed by atoms with Crippen LogP contribution < -0.4 is 5.32 Å². The molecule has 2 amide bonds. The molecule has 142 valence electrons. The normalized spacial score (nSPS) is 15.8. The van der Waals surface area contributed by atoms with Crippen LogP contribution >= 0.6 is 11.6 Å². The van der Waals surface area contributed by atoms with Gasteiger partial charge in [0.25, 0.3) is 0 Å². The van der Waals surface area contributed by atoms with E-state index >= 15 is 0 Å². The first-order valence-corrected chi connectivity index (χ1v) is 9.18. The Bertz CT molecular complexity index is 826. The molecule has 1 aliphatic rings. The van der Waals surface area contributed by atoms with Gasteiger partial charge < -0.3 is 15.1 Å². The van der Waals surface area contributed by atoms with Crippen LogP contribution in [0.2, 0.25) is 5.02 Å². The van der Waals surface area contributed by atoms with Crippen LogP contribution in [-0.4, -0.2) is 35.8 Å². The predicted molar refractivity (Wildman–Crippen MR) is 103 cm³/mol. The van der Waals surface area contributed by atoms with Crippen LogP contribution in [0.3, 0.4) is 0 Å². The van der Waals surface area contributed by atoms with Crippen molar-refractivity contribution in [3.63, 3.8) is 0 Å². The minimum atomic E-state index is -0.293. The number of oxime groups is 1. The molecule has 1 aliphatic heterocycles. The molecule has 3 rings (SSSR count). The zero-order valence-corrected chi connectivity index (χ0v) is 15.7. The van der Waals surface area contributed by atoms with E-state index in [0.717, 1.165) is 16.8 Å². The van der Waals surface area contributed by atoms with Crippen molar-refractivity contribution in [3.05, 3.63) is 70.5 Å². The van der Waals surface area contributed by atoms with Crippen LogP contribution in [0.15, 0.2) is 53.7 Å². The molecule has 0 saturated heterocycles. The van der Waals surface area contributed by atoms with Gasteiger partial charge in [-0.2, -0.15) is 0 Å². The zero-order valence-electron chi connectivity index (χ0n) is 15.0. The lowest BCUT2D eigenvalue weighted by Gasteiger charge is -2.25. The van der Waals surface area contributed by atoms with Crippen LogP contribution in [0.1, 0.15) is 24.5 Å². The fraction of sp³-hybridized carbons (Fsp3) is 0.300. The highest BCUT2D eigenvalue weighted by molar-refractivity contribution is 6.30. The third kappa shape index (κ3) is 5.20. The Morgan fingerprint density at radius 1 is 1.33 bits per heavy atom. The molecular weight excluding hydrogens is 369 g/mol. The standard InChI is InChI=1S/C20H21ClFN3O2/c1-2-23-20(26)25(12-14-4-3-5-16(21)10-14)13-18-11-19(24-27-18)15-6-8-17(22)9-7-15/h3-10,18H,2,11-13H2,1H3,(H,23,26)/t18-/m1/s1. The summed E-state index contributed by atoms with van der Waals surface area (Å²) in [6, 6.07) is 13.4. The Morgan fingerprint density at radius 2 is 2.11 bits per heavy atom. The van der Waals surface area contributed by atoms with E-state index in [1.54, 1.807) is 23.1 Å². The minimum Gasteiger partial charge on any atom is -0.390 e. The van der Waals surface area contributed by atoms with Gasteiger partial charge in [0.2, 0.25) is 0 Å². The lowest BCUT2D eigenvalue weighted by atomic mass is 10.0. The summed E-state index contributed by atoms with van der Waals surface area (Å²) >= 11 is 6.05. The Balaban J connectivity index is 1.66. The molecule has 27 heavy (non-hydrogen) atoms. The SMILES string of the molecule is CCNC(=O)N(Cc1cccc(Cl)c1)C[C@H]1CC(c2ccc(F)cc2)=NO1. The summed E-state index contributed by atoms with van der Waals surface area (Å²) in [6.07, 6.45) is 0.295. The summed E-state index contributed by atoms with van der Waals surface area (Å²) in [4.78, 5) is 19.7. The number of amides is 2. The van der Waals surface area contributed by atoms with Crippen LogP contribution in [0, 0.1) is 5.82 Å². The van der Waals surface area contributed by atoms with Crippen molar-refractivity contribution in [1.82, 2.24) is 10.2 Å². The first-order valence-electron chi connectivity index (χ1n) is 8.81. The van der Waals surface area contributed by atoms with Crippen LogP contribution in [-0.2, 0) is 11.4 Å². The summed E-state index contributed by atoms with van der Waals surface area (Å²) < 4.78 is 13.1. The summed E-state index contributed by atoms with van der Waals surface area (Å²) in [5, 5.41) is 7.56. The quantitative estimate of drug-likeness (QED) is 0.804. The molecule has 2 aromatic carbocycles. The van der Waals surface area contributed by atoms with Gasteiger partial charge in [0, 0.05) is 24.5 Å². The number of carbonyl (C=O) groups excluding carboxylic acids is 1. The van der Waals surface area contributed by atoms with Crippen molar-refractivity contribution in [2.75, 3.05) is 13.1 Å². The van der Waals surface area contributed by atoms with E-state index in [9.17, 15) is 9.18 Å². The molecule has 0 bridgehead atoms. The monoisotopic (exact) mass is 389 g/mol. The molecule has 2 aromatic rings. The predicted octanol–water partition coefficient (Wildman–Crippen LogP) is 4.20.